The van der Waals surface area contributed by atoms with E-state index in [0.717, 1.165) is 6.07 Å². The average molecular weight is 215 g/mol. The molecule has 0 aromatic heterocycles. The highest BCUT2D eigenvalue weighted by Gasteiger charge is 2.14. The maximum atomic E-state index is 13.1. The van der Waals surface area contributed by atoms with Crippen molar-refractivity contribution in [1.82, 2.24) is 0 Å². The second-order valence-corrected chi connectivity index (χ2v) is 2.89. The molecule has 0 unspecified atom stereocenters. The molecule has 0 aliphatic rings. The van der Waals surface area contributed by atoms with Crippen LogP contribution in [0.1, 0.15) is 11.1 Å². The number of hydrogen-bond acceptors (Lipinski definition) is 2. The highest BCUT2D eigenvalue weighted by molar-refractivity contribution is 6.36. The van der Waals surface area contributed by atoms with Crippen LogP contribution in [0.4, 0.5) is 4.39 Å². The van der Waals surface area contributed by atoms with Gasteiger partial charge in [-0.05, 0) is 6.07 Å². The first kappa shape index (κ1) is 9.80. The Bertz CT molecular complexity index is 405. The van der Waals surface area contributed by atoms with Crippen LogP contribution in [-0.4, -0.2) is 0 Å². The van der Waals surface area contributed by atoms with Gasteiger partial charge in [0.25, 0.3) is 0 Å². The second kappa shape index (κ2) is 3.62. The summed E-state index contributed by atoms with van der Waals surface area (Å²) in [5.74, 6) is -0.932. The molecule has 0 atom stereocenters. The molecule has 2 nitrogen and oxygen atoms in total. The van der Waals surface area contributed by atoms with Crippen molar-refractivity contribution in [2.75, 3.05) is 0 Å². The molecule has 0 aliphatic carbocycles. The molecule has 0 radical (unpaired) electrons. The first-order valence-electron chi connectivity index (χ1n) is 3.09. The van der Waals surface area contributed by atoms with Crippen LogP contribution in [0, 0.1) is 28.5 Å². The molecule has 64 valence electrons. The van der Waals surface area contributed by atoms with Crippen molar-refractivity contribution in [2.24, 2.45) is 0 Å². The van der Waals surface area contributed by atoms with Gasteiger partial charge in [0.1, 0.15) is 12.1 Å². The van der Waals surface area contributed by atoms with Gasteiger partial charge in [0.2, 0.25) is 0 Å². The van der Waals surface area contributed by atoms with Crippen LogP contribution in [0.2, 0.25) is 10.0 Å². The molecule has 0 fully saturated rings. The lowest BCUT2D eigenvalue weighted by atomic mass is 10.1. The minimum atomic E-state index is -0.932. The summed E-state index contributed by atoms with van der Waals surface area (Å²) in [4.78, 5) is 0. The Labute approximate surface area is 83.7 Å². The van der Waals surface area contributed by atoms with Crippen molar-refractivity contribution in [3.8, 4) is 12.1 Å². The highest BCUT2D eigenvalue weighted by atomic mass is 35.5. The number of halogens is 3. The minimum Gasteiger partial charge on any atom is -0.204 e. The molecule has 0 spiro atoms. The summed E-state index contributed by atoms with van der Waals surface area (Å²) >= 11 is 10.9. The fourth-order valence-corrected chi connectivity index (χ4v) is 1.20. The predicted molar refractivity (Wildman–Crippen MR) is 45.9 cm³/mol. The summed E-state index contributed by atoms with van der Waals surface area (Å²) in [6, 6.07) is 4.46. The normalized spacial score (nSPS) is 9.00. The molecule has 0 saturated heterocycles. The van der Waals surface area contributed by atoms with Crippen LogP contribution in [-0.2, 0) is 0 Å². The molecular formula is C8HCl2FN2. The van der Waals surface area contributed by atoms with Gasteiger partial charge in [-0.25, -0.2) is 4.39 Å². The molecule has 13 heavy (non-hydrogen) atoms. The lowest BCUT2D eigenvalue weighted by molar-refractivity contribution is 0.627. The van der Waals surface area contributed by atoms with Gasteiger partial charge in [0.15, 0.2) is 5.82 Å². The van der Waals surface area contributed by atoms with Crippen molar-refractivity contribution < 1.29 is 4.39 Å². The summed E-state index contributed by atoms with van der Waals surface area (Å²) in [6.45, 7) is 0. The van der Waals surface area contributed by atoms with Crippen LogP contribution < -0.4 is 0 Å². The Balaban J connectivity index is 3.60. The summed E-state index contributed by atoms with van der Waals surface area (Å²) in [7, 11) is 0. The van der Waals surface area contributed by atoms with E-state index in [1.54, 1.807) is 12.1 Å². The van der Waals surface area contributed by atoms with Crippen LogP contribution in [0.3, 0.4) is 0 Å². The minimum absolute atomic E-state index is 0.0971. The van der Waals surface area contributed by atoms with E-state index >= 15 is 0 Å². The van der Waals surface area contributed by atoms with Crippen LogP contribution >= 0.6 is 23.2 Å². The van der Waals surface area contributed by atoms with Gasteiger partial charge in [0.05, 0.1) is 21.2 Å². The monoisotopic (exact) mass is 214 g/mol. The van der Waals surface area contributed by atoms with E-state index in [9.17, 15) is 4.39 Å². The van der Waals surface area contributed by atoms with Crippen molar-refractivity contribution >= 4 is 23.2 Å². The van der Waals surface area contributed by atoms with Gasteiger partial charge in [-0.3, -0.25) is 0 Å². The van der Waals surface area contributed by atoms with Crippen molar-refractivity contribution in [2.45, 2.75) is 0 Å². The Morgan fingerprint density at radius 3 is 1.77 bits per heavy atom. The third-order valence-electron chi connectivity index (χ3n) is 1.39. The number of nitrogens with zero attached hydrogens (tertiary/aromatic N) is 2. The third kappa shape index (κ3) is 1.58. The van der Waals surface area contributed by atoms with E-state index in [1.807, 2.05) is 0 Å². The SMILES string of the molecule is N#Cc1cc(C#N)c(Cl)c(F)c1Cl. The van der Waals surface area contributed by atoms with Gasteiger partial charge >= 0.3 is 0 Å². The number of hydrogen-bond donors (Lipinski definition) is 0. The molecule has 0 aliphatic heterocycles. The maximum Gasteiger partial charge on any atom is 0.163 e. The third-order valence-corrected chi connectivity index (χ3v) is 2.13. The highest BCUT2D eigenvalue weighted by Crippen LogP contribution is 2.29. The quantitative estimate of drug-likeness (QED) is 0.624. The molecule has 1 rings (SSSR count). The van der Waals surface area contributed by atoms with E-state index < -0.39 is 5.82 Å². The maximum absolute atomic E-state index is 13.1. The molecule has 0 amide bonds. The molecule has 5 heteroatoms. The number of nitriles is 2. The average Bonchev–Trinajstić information content (AvgIpc) is 2.15. The first-order valence-corrected chi connectivity index (χ1v) is 3.85. The van der Waals surface area contributed by atoms with Gasteiger partial charge in [-0.15, -0.1) is 0 Å². The van der Waals surface area contributed by atoms with Crippen molar-refractivity contribution in [1.29, 1.82) is 10.5 Å². The number of benzene rings is 1. The van der Waals surface area contributed by atoms with E-state index in [1.165, 1.54) is 0 Å². The van der Waals surface area contributed by atoms with E-state index in [4.69, 9.17) is 33.7 Å². The Hall–Kier alpha value is -1.29. The molecule has 0 heterocycles. The zero-order valence-corrected chi connectivity index (χ0v) is 7.62. The molecule has 0 bridgehead atoms. The zero-order chi connectivity index (χ0) is 10.0. The fourth-order valence-electron chi connectivity index (χ4n) is 0.767. The summed E-state index contributed by atoms with van der Waals surface area (Å²) < 4.78 is 13.1. The lowest BCUT2D eigenvalue weighted by Gasteiger charge is -2.00. The molecule has 1 aromatic carbocycles. The number of rotatable bonds is 0. The van der Waals surface area contributed by atoms with Gasteiger partial charge < -0.3 is 0 Å². The van der Waals surface area contributed by atoms with Gasteiger partial charge in [-0.2, -0.15) is 10.5 Å². The van der Waals surface area contributed by atoms with Crippen LogP contribution in [0.25, 0.3) is 0 Å². The van der Waals surface area contributed by atoms with Crippen molar-refractivity contribution in [3.05, 3.63) is 33.1 Å². The van der Waals surface area contributed by atoms with E-state index in [-0.39, 0.29) is 21.2 Å². The van der Waals surface area contributed by atoms with E-state index in [0.29, 0.717) is 0 Å². The summed E-state index contributed by atoms with van der Waals surface area (Å²) in [5.41, 5.74) is -0.194. The Kier molecular flexibility index (Phi) is 2.72. The predicted octanol–water partition coefficient (Wildman–Crippen LogP) is 2.88. The first-order chi connectivity index (χ1) is 6.11. The Morgan fingerprint density at radius 1 is 1.08 bits per heavy atom. The molecule has 0 saturated carbocycles. The summed E-state index contributed by atoms with van der Waals surface area (Å²) in [6.07, 6.45) is 0. The van der Waals surface area contributed by atoms with Crippen molar-refractivity contribution in [3.63, 3.8) is 0 Å². The van der Waals surface area contributed by atoms with Gasteiger partial charge in [-0.1, -0.05) is 23.2 Å². The second-order valence-electron chi connectivity index (χ2n) is 2.14. The van der Waals surface area contributed by atoms with Crippen LogP contribution in [0.5, 0.6) is 0 Å². The largest absolute Gasteiger partial charge is 0.204 e. The Morgan fingerprint density at radius 2 is 1.46 bits per heavy atom. The molecular weight excluding hydrogens is 214 g/mol. The zero-order valence-electron chi connectivity index (χ0n) is 6.11. The lowest BCUT2D eigenvalue weighted by Crippen LogP contribution is -1.89. The molecule has 0 N–H and O–H groups in total. The standard InChI is InChI=1S/C8HCl2FN2/c9-6-4(2-12)1-5(3-13)7(10)8(6)11/h1H. The van der Waals surface area contributed by atoms with Gasteiger partial charge in [0, 0.05) is 0 Å². The topological polar surface area (TPSA) is 47.6 Å². The summed E-state index contributed by atoms with van der Waals surface area (Å²) in [5, 5.41) is 16.3. The van der Waals surface area contributed by atoms with Crippen LogP contribution in [0.15, 0.2) is 6.07 Å². The molecule has 1 aromatic rings. The van der Waals surface area contributed by atoms with E-state index in [2.05, 4.69) is 0 Å². The fraction of sp³-hybridized carbons (Fsp3) is 0. The smallest absolute Gasteiger partial charge is 0.163 e.